The fraction of sp³-hybridized carbons (Fsp3) is 0.333. The Hall–Kier alpha value is -4.27. The number of hydrogen-bond acceptors (Lipinski definition) is 12. The molecule has 3 heterocycles. The smallest absolute Gasteiger partial charge is 0.260 e. The Morgan fingerprint density at radius 2 is 1.41 bits per heavy atom. The molecule has 0 spiro atoms. The zero-order valence-corrected chi connectivity index (χ0v) is 24.8. The SMILES string of the molecule is NC1CC(N)CN(c2nc(Nc3ccc(NC(=O)c4c(O)ccc5ccccc45)c(Cl)c3)nc(N3CC(N)CC(N)C3)n2)C1. The first-order valence-electron chi connectivity index (χ1n) is 14.5. The summed E-state index contributed by atoms with van der Waals surface area (Å²) in [5.41, 5.74) is 26.2. The molecule has 2 saturated heterocycles. The highest BCUT2D eigenvalue weighted by atomic mass is 35.5. The minimum absolute atomic E-state index is 0.107. The van der Waals surface area contributed by atoms with E-state index in [9.17, 15) is 9.90 Å². The number of benzene rings is 3. The van der Waals surface area contributed by atoms with Crippen molar-refractivity contribution in [3.63, 3.8) is 0 Å². The standard InChI is InChI=1S/C30H36ClN11O2/c31-23-11-21(6-7-24(23)37-27(44)26-22-4-2-1-3-16(22)5-8-25(26)43)36-28-38-29(41-12-17(32)9-18(33)13-41)40-30(39-28)42-14-19(34)10-20(35)15-42/h1-8,11,17-20,43H,9-10,12-15,32-35H2,(H,37,44)(H,36,38,39,40). The molecule has 0 saturated carbocycles. The Bertz CT molecular complexity index is 1620. The fourth-order valence-electron chi connectivity index (χ4n) is 5.88. The molecule has 3 aromatic carbocycles. The molecule has 230 valence electrons. The average molecular weight is 618 g/mol. The highest BCUT2D eigenvalue weighted by Gasteiger charge is 2.29. The van der Waals surface area contributed by atoms with Crippen LogP contribution in [0.5, 0.6) is 5.75 Å². The Kier molecular flexibility index (Phi) is 8.38. The van der Waals surface area contributed by atoms with Crippen molar-refractivity contribution in [1.29, 1.82) is 0 Å². The Morgan fingerprint density at radius 1 is 0.818 bits per heavy atom. The van der Waals surface area contributed by atoms with Gasteiger partial charge in [-0.15, -0.1) is 0 Å². The number of nitrogens with two attached hydrogens (primary N) is 4. The van der Waals surface area contributed by atoms with Gasteiger partial charge in [-0.2, -0.15) is 15.0 Å². The lowest BCUT2D eigenvalue weighted by Gasteiger charge is -2.37. The molecule has 1 amide bonds. The summed E-state index contributed by atoms with van der Waals surface area (Å²) in [5, 5.41) is 18.2. The Labute approximate surface area is 259 Å². The van der Waals surface area contributed by atoms with Crippen LogP contribution in [0.2, 0.25) is 5.02 Å². The summed E-state index contributed by atoms with van der Waals surface area (Å²) in [6.07, 6.45) is 1.44. The summed E-state index contributed by atoms with van der Waals surface area (Å²) < 4.78 is 0. The number of nitrogens with zero attached hydrogens (tertiary/aromatic N) is 5. The molecule has 0 radical (unpaired) electrons. The number of carbonyl (C=O) groups excluding carboxylic acids is 1. The molecule has 0 aliphatic carbocycles. The number of carbonyl (C=O) groups is 1. The fourth-order valence-corrected chi connectivity index (χ4v) is 6.11. The predicted octanol–water partition coefficient (Wildman–Crippen LogP) is 2.11. The van der Waals surface area contributed by atoms with Crippen molar-refractivity contribution in [3.05, 3.63) is 65.2 Å². The molecular formula is C30H36ClN11O2. The summed E-state index contributed by atoms with van der Waals surface area (Å²) in [4.78, 5) is 31.3. The second kappa shape index (κ2) is 12.4. The molecule has 4 atom stereocenters. The number of amides is 1. The number of fused-ring (bicyclic) bond motifs is 1. The number of halogens is 1. The van der Waals surface area contributed by atoms with Crippen LogP contribution in [0.4, 0.5) is 29.2 Å². The minimum atomic E-state index is -0.482. The molecule has 2 fully saturated rings. The van der Waals surface area contributed by atoms with E-state index in [4.69, 9.17) is 39.5 Å². The number of phenolic OH excluding ortho intramolecular Hbond substituents is 1. The van der Waals surface area contributed by atoms with Gasteiger partial charge in [0.25, 0.3) is 5.91 Å². The first kappa shape index (κ1) is 29.8. The lowest BCUT2D eigenvalue weighted by atomic mass is 10.0. The van der Waals surface area contributed by atoms with Crippen molar-refractivity contribution in [2.75, 3.05) is 46.6 Å². The topological polar surface area (TPSA) is 211 Å². The predicted molar refractivity (Wildman–Crippen MR) is 174 cm³/mol. The zero-order valence-electron chi connectivity index (χ0n) is 24.0. The van der Waals surface area contributed by atoms with E-state index in [1.807, 2.05) is 28.0 Å². The maximum absolute atomic E-state index is 13.2. The molecule has 4 aromatic rings. The first-order valence-corrected chi connectivity index (χ1v) is 14.9. The van der Waals surface area contributed by atoms with Gasteiger partial charge in [0.1, 0.15) is 5.75 Å². The number of anilines is 5. The van der Waals surface area contributed by atoms with Gasteiger partial charge in [0.2, 0.25) is 17.8 Å². The van der Waals surface area contributed by atoms with Crippen LogP contribution in [-0.4, -0.2) is 76.3 Å². The highest BCUT2D eigenvalue weighted by molar-refractivity contribution is 6.34. The van der Waals surface area contributed by atoms with Crippen molar-refractivity contribution in [3.8, 4) is 5.75 Å². The van der Waals surface area contributed by atoms with E-state index in [1.54, 1.807) is 30.3 Å². The lowest BCUT2D eigenvalue weighted by molar-refractivity contribution is 0.102. The van der Waals surface area contributed by atoms with Crippen LogP contribution in [0.1, 0.15) is 23.2 Å². The number of rotatable bonds is 6. The van der Waals surface area contributed by atoms with Crippen molar-refractivity contribution < 1.29 is 9.90 Å². The third-order valence-electron chi connectivity index (χ3n) is 7.82. The van der Waals surface area contributed by atoms with E-state index in [-0.39, 0.29) is 40.5 Å². The second-order valence-electron chi connectivity index (χ2n) is 11.5. The highest BCUT2D eigenvalue weighted by Crippen LogP contribution is 2.32. The van der Waals surface area contributed by atoms with Gasteiger partial charge in [0.05, 0.1) is 16.3 Å². The van der Waals surface area contributed by atoms with Gasteiger partial charge in [-0.3, -0.25) is 4.79 Å². The van der Waals surface area contributed by atoms with Crippen LogP contribution in [0.15, 0.2) is 54.6 Å². The monoisotopic (exact) mass is 617 g/mol. The summed E-state index contributed by atoms with van der Waals surface area (Å²) in [5.74, 6) is 0.577. The van der Waals surface area contributed by atoms with Crippen LogP contribution >= 0.6 is 11.6 Å². The summed E-state index contributed by atoms with van der Waals surface area (Å²) >= 11 is 6.61. The maximum Gasteiger partial charge on any atom is 0.260 e. The molecule has 4 unspecified atom stereocenters. The van der Waals surface area contributed by atoms with Crippen LogP contribution < -0.4 is 43.4 Å². The zero-order chi connectivity index (χ0) is 31.0. The van der Waals surface area contributed by atoms with Gasteiger partial charge >= 0.3 is 0 Å². The number of phenols is 1. The minimum Gasteiger partial charge on any atom is -0.507 e. The quantitative estimate of drug-likeness (QED) is 0.166. The van der Waals surface area contributed by atoms with Crippen molar-refractivity contribution >= 4 is 57.5 Å². The molecule has 0 bridgehead atoms. The Balaban J connectivity index is 1.26. The largest absolute Gasteiger partial charge is 0.507 e. The number of aromatic nitrogens is 3. The summed E-state index contributed by atoms with van der Waals surface area (Å²) in [6, 6.07) is 15.2. The lowest BCUT2D eigenvalue weighted by Crippen LogP contribution is -2.54. The van der Waals surface area contributed by atoms with Crippen LogP contribution in [0.3, 0.4) is 0 Å². The third-order valence-corrected chi connectivity index (χ3v) is 8.13. The van der Waals surface area contributed by atoms with E-state index in [1.165, 1.54) is 6.07 Å². The van der Waals surface area contributed by atoms with Gasteiger partial charge in [0.15, 0.2) is 0 Å². The van der Waals surface area contributed by atoms with Crippen LogP contribution in [0.25, 0.3) is 10.8 Å². The van der Waals surface area contributed by atoms with E-state index in [0.717, 1.165) is 18.2 Å². The van der Waals surface area contributed by atoms with Crippen LogP contribution in [-0.2, 0) is 0 Å². The van der Waals surface area contributed by atoms with E-state index in [0.29, 0.717) is 60.8 Å². The average Bonchev–Trinajstić information content (AvgIpc) is 2.97. The van der Waals surface area contributed by atoms with E-state index in [2.05, 4.69) is 20.6 Å². The molecule has 2 aliphatic heterocycles. The van der Waals surface area contributed by atoms with Gasteiger partial charge in [-0.05, 0) is 47.9 Å². The molecule has 14 heteroatoms. The van der Waals surface area contributed by atoms with Crippen LogP contribution in [0, 0.1) is 0 Å². The van der Waals surface area contributed by atoms with Crippen molar-refractivity contribution in [2.24, 2.45) is 22.9 Å². The molecule has 13 nitrogen and oxygen atoms in total. The molecule has 1 aromatic heterocycles. The van der Waals surface area contributed by atoms with E-state index < -0.39 is 5.91 Å². The van der Waals surface area contributed by atoms with Gasteiger partial charge in [-0.1, -0.05) is 41.9 Å². The Morgan fingerprint density at radius 3 is 2.00 bits per heavy atom. The van der Waals surface area contributed by atoms with Crippen molar-refractivity contribution in [2.45, 2.75) is 37.0 Å². The number of nitrogens with one attached hydrogen (secondary N) is 2. The van der Waals surface area contributed by atoms with E-state index >= 15 is 0 Å². The van der Waals surface area contributed by atoms with Gasteiger partial charge in [0, 0.05) is 56.0 Å². The van der Waals surface area contributed by atoms with Crippen molar-refractivity contribution in [1.82, 2.24) is 15.0 Å². The molecule has 11 N–H and O–H groups in total. The molecular weight excluding hydrogens is 582 g/mol. The normalized spacial score (nSPS) is 22.2. The summed E-state index contributed by atoms with van der Waals surface area (Å²) in [6.45, 7) is 2.23. The molecule has 44 heavy (non-hydrogen) atoms. The maximum atomic E-state index is 13.2. The number of aromatic hydroxyl groups is 1. The third kappa shape index (κ3) is 6.47. The molecule has 6 rings (SSSR count). The first-order chi connectivity index (χ1) is 21.1. The summed E-state index contributed by atoms with van der Waals surface area (Å²) in [7, 11) is 0. The number of hydrogen-bond donors (Lipinski definition) is 7. The number of piperidine rings is 2. The second-order valence-corrected chi connectivity index (χ2v) is 11.9. The van der Waals surface area contributed by atoms with Gasteiger partial charge < -0.3 is 48.5 Å². The van der Waals surface area contributed by atoms with Gasteiger partial charge in [-0.25, -0.2) is 0 Å². The molecule has 2 aliphatic rings.